The van der Waals surface area contributed by atoms with E-state index in [2.05, 4.69) is 0 Å². The highest BCUT2D eigenvalue weighted by Crippen LogP contribution is 2.38. The number of hydrogen-bond donors (Lipinski definition) is 0. The molecule has 2 amide bonds. The SMILES string of the molecule is COC(=O)N1CCN(C(=O)c2oc3c(c2C)C(=O)CC(C)(C)C3)CC1. The number of fused-ring (bicyclic) bond motifs is 1. The van der Waals surface area contributed by atoms with Crippen LogP contribution in [0.25, 0.3) is 0 Å². The molecule has 7 nitrogen and oxygen atoms in total. The summed E-state index contributed by atoms with van der Waals surface area (Å²) in [7, 11) is 1.34. The zero-order valence-corrected chi connectivity index (χ0v) is 15.2. The van der Waals surface area contributed by atoms with Gasteiger partial charge in [0, 0.05) is 44.6 Å². The van der Waals surface area contributed by atoms with Crippen molar-refractivity contribution >= 4 is 17.8 Å². The van der Waals surface area contributed by atoms with Gasteiger partial charge in [-0.2, -0.15) is 0 Å². The Balaban J connectivity index is 1.79. The molecule has 1 aliphatic carbocycles. The number of amides is 2. The molecule has 1 saturated heterocycles. The zero-order valence-electron chi connectivity index (χ0n) is 15.2. The maximum absolute atomic E-state index is 12.8. The molecular formula is C18H24N2O5. The number of rotatable bonds is 1. The lowest BCUT2D eigenvalue weighted by Crippen LogP contribution is -2.50. The van der Waals surface area contributed by atoms with E-state index in [0.29, 0.717) is 55.9 Å². The van der Waals surface area contributed by atoms with Crippen molar-refractivity contribution < 1.29 is 23.5 Å². The quantitative estimate of drug-likeness (QED) is 0.778. The number of nitrogens with zero attached hydrogens (tertiary/aromatic N) is 2. The van der Waals surface area contributed by atoms with Crippen molar-refractivity contribution in [1.82, 2.24) is 9.80 Å². The van der Waals surface area contributed by atoms with Gasteiger partial charge in [0.1, 0.15) is 5.76 Å². The number of furan rings is 1. The molecule has 0 bridgehead atoms. The Morgan fingerprint density at radius 1 is 1.08 bits per heavy atom. The number of methoxy groups -OCH3 is 1. The van der Waals surface area contributed by atoms with E-state index in [-0.39, 0.29) is 29.0 Å². The van der Waals surface area contributed by atoms with Crippen LogP contribution in [-0.2, 0) is 11.2 Å². The normalized spacial score (nSPS) is 19.6. The van der Waals surface area contributed by atoms with Crippen molar-refractivity contribution in [3.8, 4) is 0 Å². The highest BCUT2D eigenvalue weighted by molar-refractivity contribution is 6.03. The highest BCUT2D eigenvalue weighted by atomic mass is 16.5. The monoisotopic (exact) mass is 348 g/mol. The Labute approximate surface area is 146 Å². The zero-order chi connectivity index (χ0) is 18.4. The van der Waals surface area contributed by atoms with E-state index in [1.54, 1.807) is 16.7 Å². The van der Waals surface area contributed by atoms with Gasteiger partial charge in [-0.05, 0) is 12.3 Å². The predicted octanol–water partition coefficient (Wildman–Crippen LogP) is 2.27. The van der Waals surface area contributed by atoms with E-state index < -0.39 is 0 Å². The highest BCUT2D eigenvalue weighted by Gasteiger charge is 2.38. The summed E-state index contributed by atoms with van der Waals surface area (Å²) in [6.07, 6.45) is 0.731. The van der Waals surface area contributed by atoms with Gasteiger partial charge in [-0.25, -0.2) is 4.79 Å². The Bertz CT molecular complexity index is 726. The topological polar surface area (TPSA) is 80.1 Å². The predicted molar refractivity (Wildman–Crippen MR) is 89.8 cm³/mol. The van der Waals surface area contributed by atoms with Gasteiger partial charge in [0.25, 0.3) is 5.91 Å². The number of piperazine rings is 1. The minimum atomic E-state index is -0.385. The standard InChI is InChI=1S/C18H24N2O5/c1-11-14-12(21)9-18(2,3)10-13(14)25-15(11)16(22)19-5-7-20(8-6-19)17(23)24-4/h5-10H2,1-4H3. The molecule has 136 valence electrons. The van der Waals surface area contributed by atoms with E-state index in [4.69, 9.17) is 9.15 Å². The van der Waals surface area contributed by atoms with Crippen molar-refractivity contribution in [2.45, 2.75) is 33.6 Å². The molecule has 1 aromatic rings. The van der Waals surface area contributed by atoms with Crippen LogP contribution in [0.2, 0.25) is 0 Å². The number of Topliss-reactive ketones (excluding diaryl/α,β-unsaturated/α-hetero) is 1. The summed E-state index contributed by atoms with van der Waals surface area (Å²) in [4.78, 5) is 40.0. The molecule has 0 saturated carbocycles. The summed E-state index contributed by atoms with van der Waals surface area (Å²) in [5.74, 6) is 0.696. The first-order chi connectivity index (χ1) is 11.7. The van der Waals surface area contributed by atoms with Crippen LogP contribution in [0, 0.1) is 12.3 Å². The van der Waals surface area contributed by atoms with Gasteiger partial charge in [-0.15, -0.1) is 0 Å². The number of carbonyl (C=O) groups is 3. The molecule has 1 aromatic heterocycles. The minimum Gasteiger partial charge on any atom is -0.455 e. The second-order valence-electron chi connectivity index (χ2n) is 7.54. The van der Waals surface area contributed by atoms with Crippen LogP contribution in [0.4, 0.5) is 4.79 Å². The van der Waals surface area contributed by atoms with Gasteiger partial charge in [-0.3, -0.25) is 9.59 Å². The van der Waals surface area contributed by atoms with Gasteiger partial charge in [0.05, 0.1) is 12.7 Å². The lowest BCUT2D eigenvalue weighted by Gasteiger charge is -2.33. The lowest BCUT2D eigenvalue weighted by molar-refractivity contribution is 0.0569. The number of hydrogen-bond acceptors (Lipinski definition) is 5. The van der Waals surface area contributed by atoms with Crippen molar-refractivity contribution in [3.63, 3.8) is 0 Å². The largest absolute Gasteiger partial charge is 0.455 e. The fourth-order valence-corrected chi connectivity index (χ4v) is 3.65. The Morgan fingerprint density at radius 3 is 2.28 bits per heavy atom. The first kappa shape index (κ1) is 17.5. The molecular weight excluding hydrogens is 324 g/mol. The summed E-state index contributed by atoms with van der Waals surface area (Å²) >= 11 is 0. The van der Waals surface area contributed by atoms with Gasteiger partial charge in [0.2, 0.25) is 0 Å². The van der Waals surface area contributed by atoms with Crippen molar-refractivity contribution in [1.29, 1.82) is 0 Å². The third-order valence-corrected chi connectivity index (χ3v) is 4.97. The average Bonchev–Trinajstić information content (AvgIpc) is 2.88. The fourth-order valence-electron chi connectivity index (χ4n) is 3.65. The van der Waals surface area contributed by atoms with Crippen molar-refractivity contribution in [2.75, 3.05) is 33.3 Å². The number of ether oxygens (including phenoxy) is 1. The lowest BCUT2D eigenvalue weighted by atomic mass is 9.76. The van der Waals surface area contributed by atoms with Crippen LogP contribution in [0.1, 0.15) is 52.5 Å². The summed E-state index contributed by atoms with van der Waals surface area (Å²) in [6, 6.07) is 0. The maximum atomic E-state index is 12.8. The summed E-state index contributed by atoms with van der Waals surface area (Å²) in [5, 5.41) is 0. The van der Waals surface area contributed by atoms with Gasteiger partial charge < -0.3 is 19.0 Å². The van der Waals surface area contributed by atoms with Crippen LogP contribution in [-0.4, -0.2) is 60.9 Å². The minimum absolute atomic E-state index is 0.0436. The Kier molecular flexibility index (Phi) is 4.34. The summed E-state index contributed by atoms with van der Waals surface area (Å²) < 4.78 is 10.5. The van der Waals surface area contributed by atoms with Crippen LogP contribution >= 0.6 is 0 Å². The van der Waals surface area contributed by atoms with E-state index in [1.165, 1.54) is 7.11 Å². The smallest absolute Gasteiger partial charge is 0.409 e. The first-order valence-corrected chi connectivity index (χ1v) is 8.51. The molecule has 0 aromatic carbocycles. The average molecular weight is 348 g/mol. The molecule has 3 rings (SSSR count). The molecule has 25 heavy (non-hydrogen) atoms. The number of ketones is 1. The van der Waals surface area contributed by atoms with Gasteiger partial charge in [0.15, 0.2) is 11.5 Å². The molecule has 2 aliphatic rings. The molecule has 0 spiro atoms. The van der Waals surface area contributed by atoms with E-state index in [9.17, 15) is 14.4 Å². The molecule has 1 aliphatic heterocycles. The first-order valence-electron chi connectivity index (χ1n) is 8.51. The van der Waals surface area contributed by atoms with Crippen LogP contribution in [0.15, 0.2) is 4.42 Å². The molecule has 0 radical (unpaired) electrons. The second kappa shape index (κ2) is 6.20. The Hall–Kier alpha value is -2.31. The second-order valence-corrected chi connectivity index (χ2v) is 7.54. The fraction of sp³-hybridized carbons (Fsp3) is 0.611. The van der Waals surface area contributed by atoms with E-state index in [0.717, 1.165) is 0 Å². The van der Waals surface area contributed by atoms with E-state index in [1.807, 2.05) is 13.8 Å². The summed E-state index contributed by atoms with van der Waals surface area (Å²) in [6.45, 7) is 7.50. The van der Waals surface area contributed by atoms with Crippen LogP contribution in [0.5, 0.6) is 0 Å². The Morgan fingerprint density at radius 2 is 1.68 bits per heavy atom. The van der Waals surface area contributed by atoms with Gasteiger partial charge >= 0.3 is 6.09 Å². The van der Waals surface area contributed by atoms with E-state index >= 15 is 0 Å². The van der Waals surface area contributed by atoms with Crippen LogP contribution < -0.4 is 0 Å². The molecule has 1 fully saturated rings. The maximum Gasteiger partial charge on any atom is 0.409 e. The molecule has 2 heterocycles. The molecule has 0 N–H and O–H groups in total. The molecule has 0 unspecified atom stereocenters. The molecule has 0 atom stereocenters. The molecule has 7 heteroatoms. The summed E-state index contributed by atoms with van der Waals surface area (Å²) in [5.41, 5.74) is 1.06. The van der Waals surface area contributed by atoms with Crippen molar-refractivity contribution in [2.24, 2.45) is 5.41 Å². The third-order valence-electron chi connectivity index (χ3n) is 4.97. The van der Waals surface area contributed by atoms with Gasteiger partial charge in [-0.1, -0.05) is 13.8 Å². The van der Waals surface area contributed by atoms with Crippen molar-refractivity contribution in [3.05, 3.63) is 22.6 Å². The third kappa shape index (κ3) is 3.15. The van der Waals surface area contributed by atoms with Crippen LogP contribution in [0.3, 0.4) is 0 Å². The number of carbonyl (C=O) groups excluding carboxylic acids is 3.